The number of amides is 1. The van der Waals surface area contributed by atoms with Crippen molar-refractivity contribution < 1.29 is 9.53 Å². The Hall–Kier alpha value is -0.650. The van der Waals surface area contributed by atoms with Gasteiger partial charge in [-0.3, -0.25) is 9.69 Å². The van der Waals surface area contributed by atoms with Crippen LogP contribution in [0.5, 0.6) is 0 Å². The van der Waals surface area contributed by atoms with Gasteiger partial charge in [0.25, 0.3) is 0 Å². The summed E-state index contributed by atoms with van der Waals surface area (Å²) in [6.07, 6.45) is 2.08. The summed E-state index contributed by atoms with van der Waals surface area (Å²) in [5.41, 5.74) is -0.155. The molecule has 2 saturated heterocycles. The first kappa shape index (κ1) is 13.8. The summed E-state index contributed by atoms with van der Waals surface area (Å²) in [6.45, 7) is 8.19. The fourth-order valence-corrected chi connectivity index (χ4v) is 2.75. The van der Waals surface area contributed by atoms with Crippen LogP contribution in [0.3, 0.4) is 0 Å². The Labute approximate surface area is 109 Å². The van der Waals surface area contributed by atoms with E-state index >= 15 is 0 Å². The van der Waals surface area contributed by atoms with Gasteiger partial charge in [0.2, 0.25) is 5.91 Å². The monoisotopic (exact) mass is 255 g/mol. The molecule has 0 aromatic heterocycles. The van der Waals surface area contributed by atoms with Crippen molar-refractivity contribution in [2.24, 2.45) is 0 Å². The highest BCUT2D eigenvalue weighted by molar-refractivity contribution is 5.78. The Morgan fingerprint density at radius 2 is 2.06 bits per heavy atom. The molecular weight excluding hydrogens is 230 g/mol. The van der Waals surface area contributed by atoms with Crippen LogP contribution in [0.1, 0.15) is 19.8 Å². The summed E-state index contributed by atoms with van der Waals surface area (Å²) >= 11 is 0. The van der Waals surface area contributed by atoms with Crippen molar-refractivity contribution in [1.82, 2.24) is 15.1 Å². The molecule has 1 unspecified atom stereocenters. The number of carbonyl (C=O) groups is 1. The van der Waals surface area contributed by atoms with Crippen molar-refractivity contribution in [3.05, 3.63) is 0 Å². The molecule has 1 amide bonds. The number of methoxy groups -OCH3 is 1. The molecule has 0 spiro atoms. The first-order chi connectivity index (χ1) is 8.63. The summed E-state index contributed by atoms with van der Waals surface area (Å²) < 4.78 is 5.53. The summed E-state index contributed by atoms with van der Waals surface area (Å²) in [7, 11) is 1.74. The molecule has 104 valence electrons. The Bertz CT molecular complexity index is 292. The number of nitrogens with one attached hydrogen (secondary N) is 1. The maximum Gasteiger partial charge on any atom is 0.236 e. The molecule has 1 N–H and O–H groups in total. The number of ether oxygens (including phenoxy) is 1. The van der Waals surface area contributed by atoms with E-state index in [4.69, 9.17) is 4.74 Å². The van der Waals surface area contributed by atoms with Crippen LogP contribution in [0.4, 0.5) is 0 Å². The van der Waals surface area contributed by atoms with Crippen LogP contribution in [0.2, 0.25) is 0 Å². The average Bonchev–Trinajstić information content (AvgIpc) is 2.40. The summed E-state index contributed by atoms with van der Waals surface area (Å²) in [5.74, 6) is 0.250. The van der Waals surface area contributed by atoms with Gasteiger partial charge in [-0.15, -0.1) is 0 Å². The van der Waals surface area contributed by atoms with Crippen molar-refractivity contribution in [1.29, 1.82) is 0 Å². The second kappa shape index (κ2) is 5.99. The molecule has 0 radical (unpaired) electrons. The first-order valence-electron chi connectivity index (χ1n) is 6.89. The van der Waals surface area contributed by atoms with E-state index in [1.807, 2.05) is 4.90 Å². The van der Waals surface area contributed by atoms with E-state index in [2.05, 4.69) is 17.1 Å². The maximum atomic E-state index is 12.3. The number of likely N-dealkylation sites (tertiary alicyclic amines) is 1. The van der Waals surface area contributed by atoms with Crippen molar-refractivity contribution in [3.8, 4) is 0 Å². The maximum absolute atomic E-state index is 12.3. The van der Waals surface area contributed by atoms with Gasteiger partial charge in [-0.05, 0) is 19.8 Å². The number of hydrogen-bond donors (Lipinski definition) is 1. The third-order valence-electron chi connectivity index (χ3n) is 4.07. The Morgan fingerprint density at radius 1 is 1.33 bits per heavy atom. The SMILES string of the molecule is COC1(C)CCCN(C(=O)CN2CCNCC2)C1. The molecule has 18 heavy (non-hydrogen) atoms. The van der Waals surface area contributed by atoms with E-state index in [-0.39, 0.29) is 11.5 Å². The van der Waals surface area contributed by atoms with Crippen LogP contribution >= 0.6 is 0 Å². The molecule has 5 heteroatoms. The third kappa shape index (κ3) is 3.43. The first-order valence-corrected chi connectivity index (χ1v) is 6.89. The van der Waals surface area contributed by atoms with Crippen LogP contribution in [0.25, 0.3) is 0 Å². The normalized spacial score (nSPS) is 30.4. The number of piperidine rings is 1. The summed E-state index contributed by atoms with van der Waals surface area (Å²) in [6, 6.07) is 0. The van der Waals surface area contributed by atoms with E-state index in [1.54, 1.807) is 7.11 Å². The quantitative estimate of drug-likeness (QED) is 0.766. The standard InChI is InChI=1S/C13H25N3O2/c1-13(18-2)4-3-7-16(11-13)12(17)10-15-8-5-14-6-9-15/h14H,3-11H2,1-2H3. The van der Waals surface area contributed by atoms with Crippen LogP contribution in [0, 0.1) is 0 Å². The van der Waals surface area contributed by atoms with Gasteiger partial charge in [0, 0.05) is 46.4 Å². The van der Waals surface area contributed by atoms with Crippen molar-refractivity contribution in [2.45, 2.75) is 25.4 Å². The van der Waals surface area contributed by atoms with Crippen LogP contribution < -0.4 is 5.32 Å². The number of piperazine rings is 1. The van der Waals surface area contributed by atoms with E-state index in [1.165, 1.54) is 0 Å². The lowest BCUT2D eigenvalue weighted by Gasteiger charge is -2.40. The van der Waals surface area contributed by atoms with E-state index in [0.717, 1.165) is 52.1 Å². The van der Waals surface area contributed by atoms with Gasteiger partial charge < -0.3 is 15.0 Å². The predicted octanol–water partition coefficient (Wildman–Crippen LogP) is -0.0809. The lowest BCUT2D eigenvalue weighted by molar-refractivity contribution is -0.140. The van der Waals surface area contributed by atoms with Gasteiger partial charge in [-0.25, -0.2) is 0 Å². The van der Waals surface area contributed by atoms with Crippen LogP contribution in [0.15, 0.2) is 0 Å². The van der Waals surface area contributed by atoms with Gasteiger partial charge in [-0.2, -0.15) is 0 Å². The van der Waals surface area contributed by atoms with Gasteiger partial charge in [0.05, 0.1) is 12.1 Å². The number of hydrogen-bond acceptors (Lipinski definition) is 4. The van der Waals surface area contributed by atoms with E-state index in [0.29, 0.717) is 6.54 Å². The molecular formula is C13H25N3O2. The Balaban J connectivity index is 1.84. The molecule has 0 aliphatic carbocycles. The highest BCUT2D eigenvalue weighted by Crippen LogP contribution is 2.23. The van der Waals surface area contributed by atoms with Crippen LogP contribution in [-0.2, 0) is 9.53 Å². The zero-order chi connectivity index (χ0) is 13.0. The molecule has 2 rings (SSSR count). The molecule has 1 atom stereocenters. The second-order valence-corrected chi connectivity index (χ2v) is 5.60. The third-order valence-corrected chi connectivity index (χ3v) is 4.07. The lowest BCUT2D eigenvalue weighted by atomic mass is 9.94. The molecule has 0 aromatic carbocycles. The van der Waals surface area contributed by atoms with Crippen molar-refractivity contribution >= 4 is 5.91 Å². The average molecular weight is 255 g/mol. The molecule has 2 heterocycles. The molecule has 2 aliphatic rings. The number of rotatable bonds is 3. The highest BCUT2D eigenvalue weighted by atomic mass is 16.5. The van der Waals surface area contributed by atoms with Crippen LogP contribution in [-0.4, -0.2) is 74.2 Å². The number of nitrogens with zero attached hydrogens (tertiary/aromatic N) is 2. The minimum absolute atomic E-state index is 0.155. The Morgan fingerprint density at radius 3 is 2.72 bits per heavy atom. The van der Waals surface area contributed by atoms with Crippen molar-refractivity contribution in [3.63, 3.8) is 0 Å². The van der Waals surface area contributed by atoms with Gasteiger partial charge >= 0.3 is 0 Å². The summed E-state index contributed by atoms with van der Waals surface area (Å²) in [4.78, 5) is 16.5. The molecule has 2 fully saturated rings. The zero-order valence-electron chi connectivity index (χ0n) is 11.6. The molecule has 0 saturated carbocycles. The number of carbonyl (C=O) groups excluding carboxylic acids is 1. The largest absolute Gasteiger partial charge is 0.377 e. The minimum atomic E-state index is -0.155. The highest BCUT2D eigenvalue weighted by Gasteiger charge is 2.33. The fraction of sp³-hybridized carbons (Fsp3) is 0.923. The second-order valence-electron chi connectivity index (χ2n) is 5.60. The molecule has 0 aromatic rings. The predicted molar refractivity (Wildman–Crippen MR) is 70.5 cm³/mol. The fourth-order valence-electron chi connectivity index (χ4n) is 2.75. The van der Waals surface area contributed by atoms with Crippen molar-refractivity contribution in [2.75, 3.05) is 52.9 Å². The van der Waals surface area contributed by atoms with Gasteiger partial charge in [0.1, 0.15) is 0 Å². The minimum Gasteiger partial charge on any atom is -0.377 e. The molecule has 0 bridgehead atoms. The van der Waals surface area contributed by atoms with E-state index in [9.17, 15) is 4.79 Å². The van der Waals surface area contributed by atoms with Gasteiger partial charge in [0.15, 0.2) is 0 Å². The molecule has 2 aliphatic heterocycles. The van der Waals surface area contributed by atoms with E-state index < -0.39 is 0 Å². The topological polar surface area (TPSA) is 44.8 Å². The smallest absolute Gasteiger partial charge is 0.236 e. The zero-order valence-corrected chi connectivity index (χ0v) is 11.6. The van der Waals surface area contributed by atoms with Gasteiger partial charge in [-0.1, -0.05) is 0 Å². The Kier molecular flexibility index (Phi) is 4.59. The molecule has 5 nitrogen and oxygen atoms in total. The summed E-state index contributed by atoms with van der Waals surface area (Å²) in [5, 5.41) is 3.30. The lowest BCUT2D eigenvalue weighted by Crippen LogP contribution is -2.53.